The van der Waals surface area contributed by atoms with Crippen molar-refractivity contribution in [3.63, 3.8) is 0 Å². The topological polar surface area (TPSA) is 113 Å². The molecule has 0 radical (unpaired) electrons. The number of carboxylic acids is 1. The molecule has 0 unspecified atom stereocenters. The maximum Gasteiger partial charge on any atom is 0.366 e. The number of carboxylic acid groups (broad SMARTS) is 1. The largest absolute Gasteiger partial charge is 0.480 e. The molecular formula is C18H14FN3O5S2. The molecule has 0 saturated carbocycles. The zero-order valence-corrected chi connectivity index (χ0v) is 16.5. The third-order valence-corrected chi connectivity index (χ3v) is 6.39. The van der Waals surface area contributed by atoms with Gasteiger partial charge in [0.15, 0.2) is 0 Å². The van der Waals surface area contributed by atoms with E-state index in [1.165, 1.54) is 17.6 Å². The van der Waals surface area contributed by atoms with Gasteiger partial charge in [0.25, 0.3) is 0 Å². The monoisotopic (exact) mass is 435 g/mol. The van der Waals surface area contributed by atoms with Gasteiger partial charge >= 0.3 is 16.3 Å². The molecule has 2 aromatic carbocycles. The molecule has 11 heteroatoms. The molecule has 150 valence electrons. The zero-order valence-electron chi connectivity index (χ0n) is 14.9. The van der Waals surface area contributed by atoms with Crippen LogP contribution in [0.2, 0.25) is 0 Å². The molecule has 0 aliphatic carbocycles. The number of aliphatic carboxylic acids is 1. The van der Waals surface area contributed by atoms with Crippen LogP contribution in [0.15, 0.2) is 42.5 Å². The zero-order chi connectivity index (χ0) is 20.9. The van der Waals surface area contributed by atoms with Crippen LogP contribution in [-0.2, 0) is 21.6 Å². The Morgan fingerprint density at radius 1 is 1.28 bits per heavy atom. The molecule has 8 nitrogen and oxygen atoms in total. The number of nitrogens with zero attached hydrogens (tertiary/aromatic N) is 3. The van der Waals surface area contributed by atoms with Crippen molar-refractivity contribution >= 4 is 59.5 Å². The van der Waals surface area contributed by atoms with Crippen LogP contribution in [0.1, 0.15) is 5.69 Å². The molecule has 29 heavy (non-hydrogen) atoms. The average molecular weight is 435 g/mol. The summed E-state index contributed by atoms with van der Waals surface area (Å²) >= 11 is 1.03. The Bertz CT molecular complexity index is 1340. The van der Waals surface area contributed by atoms with E-state index in [-0.39, 0.29) is 21.9 Å². The molecule has 0 bridgehead atoms. The highest BCUT2D eigenvalue weighted by Gasteiger charge is 2.31. The first-order chi connectivity index (χ1) is 13.7. The summed E-state index contributed by atoms with van der Waals surface area (Å²) in [5.41, 5.74) is 1.02. The van der Waals surface area contributed by atoms with Crippen molar-refractivity contribution in [1.29, 1.82) is 0 Å². The van der Waals surface area contributed by atoms with E-state index in [0.717, 1.165) is 23.5 Å². The van der Waals surface area contributed by atoms with Gasteiger partial charge in [-0.25, -0.2) is 9.37 Å². The maximum absolute atomic E-state index is 14.0. The number of aromatic nitrogens is 2. The number of fused-ring (bicyclic) bond motifs is 2. The molecule has 0 fully saturated rings. The minimum absolute atomic E-state index is 0.0459. The van der Waals surface area contributed by atoms with Crippen molar-refractivity contribution in [2.45, 2.75) is 13.5 Å². The normalized spacial score (nSPS) is 12.0. The highest BCUT2D eigenvalue weighted by molar-refractivity contribution is 7.87. The number of carbonyl (C=O) groups is 1. The van der Waals surface area contributed by atoms with Gasteiger partial charge in [0.05, 0.1) is 21.4 Å². The summed E-state index contributed by atoms with van der Waals surface area (Å²) in [4.78, 5) is 15.6. The first kappa shape index (κ1) is 19.3. The van der Waals surface area contributed by atoms with E-state index < -0.39 is 28.6 Å². The number of benzene rings is 2. The Balaban J connectivity index is 2.06. The van der Waals surface area contributed by atoms with E-state index in [9.17, 15) is 27.3 Å². The summed E-state index contributed by atoms with van der Waals surface area (Å²) in [5.74, 6) is -1.79. The fourth-order valence-corrected chi connectivity index (χ4v) is 5.26. The number of para-hydroxylation sites is 1. The summed E-state index contributed by atoms with van der Waals surface area (Å²) < 4.78 is 51.3. The Hall–Kier alpha value is -3.02. The van der Waals surface area contributed by atoms with E-state index in [2.05, 4.69) is 4.98 Å². The third-order valence-electron chi connectivity index (χ3n) is 4.44. The highest BCUT2D eigenvalue weighted by atomic mass is 32.2. The lowest BCUT2D eigenvalue weighted by molar-refractivity contribution is -0.137. The minimum atomic E-state index is -4.86. The van der Waals surface area contributed by atoms with Crippen molar-refractivity contribution in [2.75, 3.05) is 4.31 Å². The molecule has 2 heterocycles. The second kappa shape index (κ2) is 6.79. The van der Waals surface area contributed by atoms with Crippen LogP contribution in [0.4, 0.5) is 15.2 Å². The first-order valence-corrected chi connectivity index (χ1v) is 10.5. The van der Waals surface area contributed by atoms with Crippen LogP contribution < -0.4 is 4.31 Å². The molecule has 2 N–H and O–H groups in total. The van der Waals surface area contributed by atoms with Gasteiger partial charge in [0.1, 0.15) is 12.4 Å². The second-order valence-electron chi connectivity index (χ2n) is 6.28. The van der Waals surface area contributed by atoms with Crippen LogP contribution in [-0.4, -0.2) is 33.6 Å². The summed E-state index contributed by atoms with van der Waals surface area (Å²) in [6.45, 7) is 1.04. The van der Waals surface area contributed by atoms with Crippen LogP contribution >= 0.6 is 11.3 Å². The third kappa shape index (κ3) is 3.33. The Morgan fingerprint density at radius 3 is 2.66 bits per heavy atom. The highest BCUT2D eigenvalue weighted by Crippen LogP contribution is 2.42. The van der Waals surface area contributed by atoms with Gasteiger partial charge in [-0.15, -0.1) is 0 Å². The number of hydrogen-bond donors (Lipinski definition) is 2. The van der Waals surface area contributed by atoms with E-state index in [1.807, 2.05) is 0 Å². The molecular weight excluding hydrogens is 421 g/mol. The van der Waals surface area contributed by atoms with Crippen molar-refractivity contribution in [3.05, 3.63) is 54.0 Å². The van der Waals surface area contributed by atoms with Gasteiger partial charge in [0, 0.05) is 11.1 Å². The van der Waals surface area contributed by atoms with Crippen molar-refractivity contribution in [3.8, 4) is 0 Å². The van der Waals surface area contributed by atoms with Gasteiger partial charge in [-0.3, -0.25) is 9.35 Å². The van der Waals surface area contributed by atoms with Gasteiger partial charge < -0.3 is 9.67 Å². The SMILES string of the molecule is Cc1c(N(c2nc3ccccc3s2)S(=O)(=O)O)c2cc(F)ccc2n1CC(=O)O. The molecule has 0 spiro atoms. The molecule has 2 aromatic heterocycles. The summed E-state index contributed by atoms with van der Waals surface area (Å²) in [7, 11) is -4.86. The average Bonchev–Trinajstić information content (AvgIpc) is 3.15. The van der Waals surface area contributed by atoms with Crippen LogP contribution in [0.25, 0.3) is 21.1 Å². The molecule has 4 rings (SSSR count). The molecule has 0 atom stereocenters. The molecule has 0 saturated heterocycles. The Kier molecular flexibility index (Phi) is 4.52. The summed E-state index contributed by atoms with van der Waals surface area (Å²) in [6.07, 6.45) is 0. The Labute approximate surface area is 168 Å². The van der Waals surface area contributed by atoms with E-state index >= 15 is 0 Å². The lowest BCUT2D eigenvalue weighted by Crippen LogP contribution is -2.26. The number of hydrogen-bond acceptors (Lipinski definition) is 5. The number of anilines is 2. The van der Waals surface area contributed by atoms with Crippen LogP contribution in [0.5, 0.6) is 0 Å². The lowest BCUT2D eigenvalue weighted by atomic mass is 10.2. The van der Waals surface area contributed by atoms with E-state index in [0.29, 0.717) is 20.0 Å². The minimum Gasteiger partial charge on any atom is -0.480 e. The van der Waals surface area contributed by atoms with Crippen molar-refractivity contribution in [1.82, 2.24) is 9.55 Å². The van der Waals surface area contributed by atoms with Gasteiger partial charge in [-0.1, -0.05) is 23.5 Å². The summed E-state index contributed by atoms with van der Waals surface area (Å²) in [5, 5.41) is 9.33. The van der Waals surface area contributed by atoms with Gasteiger partial charge in [-0.2, -0.15) is 12.7 Å². The molecule has 0 aliphatic rings. The summed E-state index contributed by atoms with van der Waals surface area (Å²) in [6, 6.07) is 10.6. The predicted molar refractivity (Wildman–Crippen MR) is 108 cm³/mol. The predicted octanol–water partition coefficient (Wildman–Crippen LogP) is 3.72. The van der Waals surface area contributed by atoms with E-state index in [1.54, 1.807) is 24.3 Å². The standard InChI is InChI=1S/C18H14FN3O5S2/c1-10-17(12-8-11(19)6-7-14(12)21(10)9-16(23)24)22(29(25,26)27)18-20-13-4-2-3-5-15(13)28-18/h2-8H,9H2,1H3,(H,23,24)(H,25,26,27). The van der Waals surface area contributed by atoms with Gasteiger partial charge in [-0.05, 0) is 37.3 Å². The van der Waals surface area contributed by atoms with Crippen molar-refractivity contribution in [2.24, 2.45) is 0 Å². The second-order valence-corrected chi connectivity index (χ2v) is 8.55. The lowest BCUT2D eigenvalue weighted by Gasteiger charge is -2.18. The van der Waals surface area contributed by atoms with Gasteiger partial charge in [0.2, 0.25) is 5.13 Å². The smallest absolute Gasteiger partial charge is 0.366 e. The fourth-order valence-electron chi connectivity index (χ4n) is 3.29. The first-order valence-electron chi connectivity index (χ1n) is 8.30. The fraction of sp³-hybridized carbons (Fsp3) is 0.111. The Morgan fingerprint density at radius 2 is 2.00 bits per heavy atom. The van der Waals surface area contributed by atoms with Crippen LogP contribution in [0, 0.1) is 12.7 Å². The van der Waals surface area contributed by atoms with Crippen LogP contribution in [0.3, 0.4) is 0 Å². The number of halogens is 1. The molecule has 0 amide bonds. The quantitative estimate of drug-likeness (QED) is 0.462. The van der Waals surface area contributed by atoms with E-state index in [4.69, 9.17) is 0 Å². The number of thiazole rings is 1. The number of rotatable bonds is 5. The maximum atomic E-state index is 14.0. The molecule has 0 aliphatic heterocycles. The van der Waals surface area contributed by atoms with Crippen molar-refractivity contribution < 1.29 is 27.3 Å². The molecule has 4 aromatic rings.